The van der Waals surface area contributed by atoms with Crippen LogP contribution in [0, 0.1) is 11.3 Å². The van der Waals surface area contributed by atoms with Gasteiger partial charge in [-0.2, -0.15) is 5.26 Å². The number of phenols is 1. The molecule has 4 rings (SSSR count). The molecular weight excluding hydrogens is 324 g/mol. The molecule has 26 heavy (non-hydrogen) atoms. The van der Waals surface area contributed by atoms with E-state index in [0.29, 0.717) is 22.2 Å². The van der Waals surface area contributed by atoms with Crippen molar-refractivity contribution < 1.29 is 5.11 Å². The number of rotatable bonds is 2. The number of H-pyrrole nitrogens is 1. The highest BCUT2D eigenvalue weighted by molar-refractivity contribution is 5.94. The van der Waals surface area contributed by atoms with Crippen molar-refractivity contribution in [3.05, 3.63) is 88.7 Å². The van der Waals surface area contributed by atoms with Gasteiger partial charge in [-0.25, -0.2) is 0 Å². The molecule has 124 valence electrons. The molecule has 4 nitrogen and oxygen atoms in total. The van der Waals surface area contributed by atoms with Crippen LogP contribution in [0.25, 0.3) is 33.2 Å². The van der Waals surface area contributed by atoms with Gasteiger partial charge in [0.15, 0.2) is 0 Å². The molecule has 0 aliphatic carbocycles. The number of pyridine rings is 1. The Bertz CT molecular complexity index is 1220. The predicted molar refractivity (Wildman–Crippen MR) is 102 cm³/mol. The summed E-state index contributed by atoms with van der Waals surface area (Å²) in [5, 5.41) is 21.7. The molecule has 0 saturated heterocycles. The average molecular weight is 338 g/mol. The van der Waals surface area contributed by atoms with E-state index in [0.717, 1.165) is 10.9 Å². The minimum absolute atomic E-state index is 0.0558. The third-order valence-electron chi connectivity index (χ3n) is 4.42. The van der Waals surface area contributed by atoms with Crippen molar-refractivity contribution in [1.29, 1.82) is 5.26 Å². The summed E-state index contributed by atoms with van der Waals surface area (Å²) < 4.78 is 0. The summed E-state index contributed by atoms with van der Waals surface area (Å²) in [7, 11) is 0. The van der Waals surface area contributed by atoms with Gasteiger partial charge < -0.3 is 10.1 Å². The highest BCUT2D eigenvalue weighted by Crippen LogP contribution is 2.36. The van der Waals surface area contributed by atoms with Gasteiger partial charge in [0.05, 0.1) is 5.69 Å². The number of phenolic OH excluding ortho intramolecular Hbond substituents is 1. The predicted octanol–water partition coefficient (Wildman–Crippen LogP) is 4.44. The lowest BCUT2D eigenvalue weighted by Crippen LogP contribution is -2.12. The highest BCUT2D eigenvalue weighted by Gasteiger charge is 2.15. The van der Waals surface area contributed by atoms with Crippen molar-refractivity contribution in [3.63, 3.8) is 0 Å². The second kappa shape index (κ2) is 6.23. The van der Waals surface area contributed by atoms with Crippen LogP contribution in [0.4, 0.5) is 0 Å². The van der Waals surface area contributed by atoms with Gasteiger partial charge in [0.25, 0.3) is 5.56 Å². The van der Waals surface area contributed by atoms with E-state index in [1.807, 2.05) is 66.7 Å². The molecular formula is C22H14N2O2. The fourth-order valence-electron chi connectivity index (χ4n) is 3.13. The fraction of sp³-hybridized carbons (Fsp3) is 0. The van der Waals surface area contributed by atoms with Crippen molar-refractivity contribution in [3.8, 4) is 34.2 Å². The Kier molecular flexibility index (Phi) is 3.75. The van der Waals surface area contributed by atoms with Crippen LogP contribution in [0.3, 0.4) is 0 Å². The van der Waals surface area contributed by atoms with Gasteiger partial charge in [-0.15, -0.1) is 0 Å². The Hall–Kier alpha value is -3.84. The molecule has 0 spiro atoms. The van der Waals surface area contributed by atoms with Crippen LogP contribution in [0.1, 0.15) is 5.56 Å². The van der Waals surface area contributed by atoms with Gasteiger partial charge in [-0.05, 0) is 23.1 Å². The second-order valence-corrected chi connectivity index (χ2v) is 5.96. The number of hydrogen-bond donors (Lipinski definition) is 2. The van der Waals surface area contributed by atoms with Crippen LogP contribution in [0.15, 0.2) is 77.6 Å². The molecule has 1 aromatic heterocycles. The third-order valence-corrected chi connectivity index (χ3v) is 4.42. The van der Waals surface area contributed by atoms with E-state index in [1.54, 1.807) is 12.1 Å². The Balaban J connectivity index is 2.00. The summed E-state index contributed by atoms with van der Waals surface area (Å²) in [6, 6.07) is 24.1. The summed E-state index contributed by atoms with van der Waals surface area (Å²) >= 11 is 0. The third kappa shape index (κ3) is 2.52. The zero-order valence-corrected chi connectivity index (χ0v) is 13.7. The van der Waals surface area contributed by atoms with E-state index in [4.69, 9.17) is 0 Å². The van der Waals surface area contributed by atoms with Crippen LogP contribution in [-0.4, -0.2) is 10.1 Å². The number of aromatic hydroxyl groups is 1. The second-order valence-electron chi connectivity index (χ2n) is 5.96. The summed E-state index contributed by atoms with van der Waals surface area (Å²) in [6.07, 6.45) is 0. The van der Waals surface area contributed by atoms with E-state index in [2.05, 4.69) is 4.98 Å². The Morgan fingerprint density at radius 3 is 2.38 bits per heavy atom. The molecule has 0 aliphatic rings. The van der Waals surface area contributed by atoms with Gasteiger partial charge in [0, 0.05) is 16.5 Å². The number of aromatic amines is 1. The number of hydrogen-bond acceptors (Lipinski definition) is 3. The molecule has 0 aliphatic heterocycles. The average Bonchev–Trinajstić information content (AvgIpc) is 2.68. The Labute approximate surface area is 149 Å². The lowest BCUT2D eigenvalue weighted by Gasteiger charge is -2.11. The molecule has 4 heteroatoms. The topological polar surface area (TPSA) is 76.9 Å². The van der Waals surface area contributed by atoms with Crippen LogP contribution >= 0.6 is 0 Å². The molecule has 0 amide bonds. The quantitative estimate of drug-likeness (QED) is 0.567. The summed E-state index contributed by atoms with van der Waals surface area (Å²) in [4.78, 5) is 15.2. The maximum Gasteiger partial charge on any atom is 0.266 e. The van der Waals surface area contributed by atoms with E-state index >= 15 is 0 Å². The minimum atomic E-state index is -0.476. The standard InChI is InChI=1S/C22H14N2O2/c23-13-19-18(14-6-2-1-3-7-14)12-20(24-22(19)26)17-11-10-15-8-4-5-9-16(15)21(17)25/h1-12,25H,(H,24,26). The van der Waals surface area contributed by atoms with Crippen LogP contribution in [0.2, 0.25) is 0 Å². The fourth-order valence-corrected chi connectivity index (χ4v) is 3.13. The smallest absolute Gasteiger partial charge is 0.266 e. The number of nitrogens with one attached hydrogen (secondary N) is 1. The molecule has 0 saturated carbocycles. The first-order valence-corrected chi connectivity index (χ1v) is 8.13. The molecule has 0 radical (unpaired) electrons. The molecule has 0 bridgehead atoms. The van der Waals surface area contributed by atoms with Crippen LogP contribution < -0.4 is 5.56 Å². The first kappa shape index (κ1) is 15.7. The van der Waals surface area contributed by atoms with Gasteiger partial charge in [-0.1, -0.05) is 60.7 Å². The Morgan fingerprint density at radius 2 is 1.62 bits per heavy atom. The van der Waals surface area contributed by atoms with Gasteiger partial charge in [0.1, 0.15) is 17.4 Å². The molecule has 0 fully saturated rings. The van der Waals surface area contributed by atoms with Gasteiger partial charge in [0.2, 0.25) is 0 Å². The van der Waals surface area contributed by atoms with E-state index in [9.17, 15) is 15.2 Å². The highest BCUT2D eigenvalue weighted by atomic mass is 16.3. The molecule has 1 heterocycles. The maximum absolute atomic E-state index is 12.5. The molecule has 0 unspecified atom stereocenters. The van der Waals surface area contributed by atoms with E-state index in [1.165, 1.54) is 0 Å². The number of nitrogens with zero attached hydrogens (tertiary/aromatic N) is 1. The lowest BCUT2D eigenvalue weighted by molar-refractivity contribution is 0.483. The molecule has 2 N–H and O–H groups in total. The molecule has 3 aromatic carbocycles. The number of nitriles is 1. The SMILES string of the molecule is N#Cc1c(-c2ccccc2)cc(-c2ccc3ccccc3c2O)[nH]c1=O. The number of aromatic nitrogens is 1. The van der Waals surface area contributed by atoms with Crippen molar-refractivity contribution in [1.82, 2.24) is 4.98 Å². The van der Waals surface area contributed by atoms with Gasteiger partial charge in [-0.3, -0.25) is 4.79 Å². The summed E-state index contributed by atoms with van der Waals surface area (Å²) in [5.41, 5.74) is 1.88. The molecule has 0 atom stereocenters. The first-order valence-electron chi connectivity index (χ1n) is 8.13. The monoisotopic (exact) mass is 338 g/mol. The van der Waals surface area contributed by atoms with Crippen LogP contribution in [0.5, 0.6) is 5.75 Å². The minimum Gasteiger partial charge on any atom is -0.507 e. The number of fused-ring (bicyclic) bond motifs is 1. The Morgan fingerprint density at radius 1 is 0.885 bits per heavy atom. The zero-order valence-electron chi connectivity index (χ0n) is 13.7. The maximum atomic E-state index is 12.5. The van der Waals surface area contributed by atoms with Crippen molar-refractivity contribution in [2.45, 2.75) is 0 Å². The van der Waals surface area contributed by atoms with Crippen molar-refractivity contribution in [2.75, 3.05) is 0 Å². The van der Waals surface area contributed by atoms with Crippen molar-refractivity contribution >= 4 is 10.8 Å². The van der Waals surface area contributed by atoms with Gasteiger partial charge >= 0.3 is 0 Å². The summed E-state index contributed by atoms with van der Waals surface area (Å²) in [6.45, 7) is 0. The lowest BCUT2D eigenvalue weighted by atomic mass is 9.97. The van der Waals surface area contributed by atoms with Crippen LogP contribution in [-0.2, 0) is 0 Å². The summed E-state index contributed by atoms with van der Waals surface area (Å²) in [5.74, 6) is 0.0995. The van der Waals surface area contributed by atoms with E-state index in [-0.39, 0.29) is 11.3 Å². The van der Waals surface area contributed by atoms with Crippen molar-refractivity contribution in [2.24, 2.45) is 0 Å². The normalized spacial score (nSPS) is 10.6. The zero-order chi connectivity index (χ0) is 18.1. The number of benzene rings is 3. The van der Waals surface area contributed by atoms with E-state index < -0.39 is 5.56 Å². The largest absolute Gasteiger partial charge is 0.507 e. The molecule has 4 aromatic rings. The first-order chi connectivity index (χ1) is 12.7.